The van der Waals surface area contributed by atoms with Crippen molar-refractivity contribution in [1.29, 1.82) is 0 Å². The lowest BCUT2D eigenvalue weighted by Gasteiger charge is -2.13. The second kappa shape index (κ2) is 8.88. The van der Waals surface area contributed by atoms with E-state index in [2.05, 4.69) is 143 Å². The van der Waals surface area contributed by atoms with Crippen LogP contribution in [0.1, 0.15) is 0 Å². The van der Waals surface area contributed by atoms with Crippen LogP contribution in [0, 0.1) is 0 Å². The van der Waals surface area contributed by atoms with Crippen LogP contribution >= 0.6 is 0 Å². The first-order chi connectivity index (χ1) is 20.8. The van der Waals surface area contributed by atoms with Crippen molar-refractivity contribution in [3.8, 4) is 22.9 Å². The molecule has 6 aromatic carbocycles. The Morgan fingerprint density at radius 2 is 0.905 bits per heavy atom. The molecule has 0 N–H and O–H groups in total. The van der Waals surface area contributed by atoms with E-state index in [-0.39, 0.29) is 0 Å². The molecule has 9 aromatic rings. The molecule has 4 heteroatoms. The van der Waals surface area contributed by atoms with Crippen LogP contribution in [0.3, 0.4) is 0 Å². The summed E-state index contributed by atoms with van der Waals surface area (Å²) in [6.45, 7) is 0. The molecule has 42 heavy (non-hydrogen) atoms. The van der Waals surface area contributed by atoms with Crippen molar-refractivity contribution in [2.75, 3.05) is 0 Å². The third-order valence-corrected chi connectivity index (χ3v) is 8.33. The molecule has 9 rings (SSSR count). The Hall–Kier alpha value is -5.74. The zero-order valence-electron chi connectivity index (χ0n) is 22.6. The van der Waals surface area contributed by atoms with Gasteiger partial charge in [0.25, 0.3) is 0 Å². The van der Waals surface area contributed by atoms with E-state index in [0.29, 0.717) is 5.95 Å². The van der Waals surface area contributed by atoms with Crippen molar-refractivity contribution in [2.45, 2.75) is 0 Å². The predicted octanol–water partition coefficient (Wildman–Crippen LogP) is 9.49. The minimum absolute atomic E-state index is 0.665. The molecule has 0 spiro atoms. The molecular weight excluding hydrogens is 512 g/mol. The van der Waals surface area contributed by atoms with Gasteiger partial charge in [0, 0.05) is 38.2 Å². The van der Waals surface area contributed by atoms with E-state index in [1.54, 1.807) is 0 Å². The van der Waals surface area contributed by atoms with Crippen molar-refractivity contribution in [3.63, 3.8) is 0 Å². The first-order valence-corrected chi connectivity index (χ1v) is 14.2. The van der Waals surface area contributed by atoms with Crippen LogP contribution in [0.2, 0.25) is 0 Å². The monoisotopic (exact) mass is 536 g/mol. The third-order valence-electron chi connectivity index (χ3n) is 8.33. The maximum atomic E-state index is 5.25. The van der Waals surface area contributed by atoms with Gasteiger partial charge in [-0.1, -0.05) is 109 Å². The molecule has 0 amide bonds. The molecule has 0 aliphatic carbocycles. The summed E-state index contributed by atoms with van der Waals surface area (Å²) in [5.41, 5.74) is 8.57. The molecule has 0 saturated heterocycles. The van der Waals surface area contributed by atoms with Crippen LogP contribution in [-0.4, -0.2) is 19.1 Å². The summed E-state index contributed by atoms with van der Waals surface area (Å²) in [7, 11) is 0. The molecule has 0 radical (unpaired) electrons. The maximum Gasteiger partial charge on any atom is 0.235 e. The Labute approximate surface area is 241 Å². The number of nitrogens with zero attached hydrogens (tertiary/aromatic N) is 4. The Balaban J connectivity index is 1.38. The average molecular weight is 537 g/mol. The lowest BCUT2D eigenvalue weighted by atomic mass is 10.1. The van der Waals surface area contributed by atoms with Crippen molar-refractivity contribution >= 4 is 54.5 Å². The zero-order chi connectivity index (χ0) is 27.6. The highest BCUT2D eigenvalue weighted by molar-refractivity contribution is 6.12. The number of hydrogen-bond donors (Lipinski definition) is 0. The van der Waals surface area contributed by atoms with Crippen LogP contribution in [0.4, 0.5) is 0 Å². The number of para-hydroxylation sites is 4. The zero-order valence-corrected chi connectivity index (χ0v) is 22.6. The second-order valence-electron chi connectivity index (χ2n) is 10.7. The van der Waals surface area contributed by atoms with Gasteiger partial charge >= 0.3 is 0 Å². The lowest BCUT2D eigenvalue weighted by molar-refractivity contribution is 1.01. The fourth-order valence-electron chi connectivity index (χ4n) is 6.49. The van der Waals surface area contributed by atoms with Crippen LogP contribution in [0.25, 0.3) is 77.4 Å². The number of benzene rings is 6. The third kappa shape index (κ3) is 3.29. The van der Waals surface area contributed by atoms with Gasteiger partial charge in [-0.15, -0.1) is 0 Å². The predicted molar refractivity (Wildman–Crippen MR) is 174 cm³/mol. The van der Waals surface area contributed by atoms with E-state index in [9.17, 15) is 0 Å². The summed E-state index contributed by atoms with van der Waals surface area (Å²) in [4.78, 5) is 10.4. The van der Waals surface area contributed by atoms with E-state index in [1.165, 1.54) is 32.6 Å². The van der Waals surface area contributed by atoms with Crippen molar-refractivity contribution in [3.05, 3.63) is 146 Å². The summed E-state index contributed by atoms with van der Waals surface area (Å²) in [6, 6.07) is 51.2. The van der Waals surface area contributed by atoms with Gasteiger partial charge in [0.15, 0.2) is 0 Å². The van der Waals surface area contributed by atoms with Gasteiger partial charge in [-0.3, -0.25) is 4.57 Å². The van der Waals surface area contributed by atoms with Gasteiger partial charge in [-0.05, 0) is 36.4 Å². The number of aromatic nitrogens is 4. The van der Waals surface area contributed by atoms with Crippen LogP contribution in [-0.2, 0) is 0 Å². The molecule has 0 fully saturated rings. The van der Waals surface area contributed by atoms with Crippen LogP contribution in [0.15, 0.2) is 146 Å². The second-order valence-corrected chi connectivity index (χ2v) is 10.7. The van der Waals surface area contributed by atoms with Gasteiger partial charge in [-0.2, -0.15) is 0 Å². The van der Waals surface area contributed by atoms with Crippen molar-refractivity contribution in [1.82, 2.24) is 19.1 Å². The van der Waals surface area contributed by atoms with E-state index in [1.807, 2.05) is 12.1 Å². The maximum absolute atomic E-state index is 5.25. The molecule has 3 aromatic heterocycles. The number of fused-ring (bicyclic) bond motifs is 7. The fraction of sp³-hybridized carbons (Fsp3) is 0. The Morgan fingerprint density at radius 1 is 0.381 bits per heavy atom. The fourth-order valence-corrected chi connectivity index (χ4v) is 6.49. The molecular formula is C38H24N4. The smallest absolute Gasteiger partial charge is 0.235 e. The van der Waals surface area contributed by atoms with Gasteiger partial charge in [0.2, 0.25) is 5.95 Å². The largest absolute Gasteiger partial charge is 0.309 e. The number of hydrogen-bond acceptors (Lipinski definition) is 2. The van der Waals surface area contributed by atoms with E-state index >= 15 is 0 Å². The van der Waals surface area contributed by atoms with E-state index < -0.39 is 0 Å². The molecule has 0 aliphatic rings. The summed E-state index contributed by atoms with van der Waals surface area (Å²) < 4.78 is 4.59. The quantitative estimate of drug-likeness (QED) is 0.225. The van der Waals surface area contributed by atoms with Crippen LogP contribution in [0.5, 0.6) is 0 Å². The average Bonchev–Trinajstić information content (AvgIpc) is 3.57. The van der Waals surface area contributed by atoms with Crippen molar-refractivity contribution < 1.29 is 0 Å². The molecule has 0 bridgehead atoms. The summed E-state index contributed by atoms with van der Waals surface area (Å²) >= 11 is 0. The van der Waals surface area contributed by atoms with Gasteiger partial charge in [0.1, 0.15) is 0 Å². The normalized spacial score (nSPS) is 11.8. The Kier molecular flexibility index (Phi) is 4.87. The molecule has 3 heterocycles. The molecule has 4 nitrogen and oxygen atoms in total. The number of rotatable bonds is 3. The summed E-state index contributed by atoms with van der Waals surface area (Å²) in [6.07, 6.45) is 0. The minimum atomic E-state index is 0.665. The van der Waals surface area contributed by atoms with Gasteiger partial charge in [-0.25, -0.2) is 9.97 Å². The molecule has 0 unspecified atom stereocenters. The highest BCUT2D eigenvalue weighted by atomic mass is 15.2. The lowest BCUT2D eigenvalue weighted by Crippen LogP contribution is -2.04. The Bertz CT molecular complexity index is 2410. The van der Waals surface area contributed by atoms with Gasteiger partial charge in [0.05, 0.1) is 33.3 Å². The minimum Gasteiger partial charge on any atom is -0.309 e. The summed E-state index contributed by atoms with van der Waals surface area (Å²) in [5, 5.41) is 5.89. The Morgan fingerprint density at radius 3 is 1.57 bits per heavy atom. The van der Waals surface area contributed by atoms with E-state index in [4.69, 9.17) is 9.97 Å². The molecule has 0 aliphatic heterocycles. The standard InChI is InChI=1S/C38H24N4/c1-2-12-25(13-3-1)37-31-17-4-8-18-32(31)39-38(40-37)42-35-21-11-7-16-29(35)30-23-22-26(24-36(30)42)41-33-19-9-5-14-27(33)28-15-6-10-20-34(28)41/h1-24H. The topological polar surface area (TPSA) is 35.6 Å². The summed E-state index contributed by atoms with van der Waals surface area (Å²) in [5.74, 6) is 0.665. The highest BCUT2D eigenvalue weighted by Gasteiger charge is 2.19. The highest BCUT2D eigenvalue weighted by Crippen LogP contribution is 2.37. The SMILES string of the molecule is c1ccc(-c2nc(-n3c4ccccc4c4ccc(-n5c6ccccc6c6ccccc65)cc43)nc3ccccc23)cc1. The van der Waals surface area contributed by atoms with Gasteiger partial charge < -0.3 is 4.57 Å². The van der Waals surface area contributed by atoms with E-state index in [0.717, 1.165) is 38.9 Å². The van der Waals surface area contributed by atoms with Crippen molar-refractivity contribution in [2.24, 2.45) is 0 Å². The first kappa shape index (κ1) is 23.0. The molecule has 0 saturated carbocycles. The van der Waals surface area contributed by atoms with Crippen LogP contribution < -0.4 is 0 Å². The molecule has 0 atom stereocenters. The first-order valence-electron chi connectivity index (χ1n) is 14.2. The molecule has 196 valence electrons.